The summed E-state index contributed by atoms with van der Waals surface area (Å²) in [4.78, 5) is 27.6. The van der Waals surface area contributed by atoms with E-state index in [9.17, 15) is 14.0 Å². The first-order valence-corrected chi connectivity index (χ1v) is 9.82. The summed E-state index contributed by atoms with van der Waals surface area (Å²) < 4.78 is 20.9. The van der Waals surface area contributed by atoms with Gasteiger partial charge in [0.15, 0.2) is 6.10 Å². The molecule has 1 amide bonds. The lowest BCUT2D eigenvalue weighted by Crippen LogP contribution is -2.45. The first-order valence-electron chi connectivity index (χ1n) is 9.82. The van der Waals surface area contributed by atoms with Gasteiger partial charge in [-0.1, -0.05) is 19.1 Å². The first kappa shape index (κ1) is 19.8. The number of ether oxygens (including phenoxy) is 1. The zero-order valence-electron chi connectivity index (χ0n) is 17.1. The number of hydrogen-bond donors (Lipinski definition) is 0. The van der Waals surface area contributed by atoms with Crippen molar-refractivity contribution in [1.29, 1.82) is 0 Å². The Morgan fingerprint density at radius 3 is 2.63 bits per heavy atom. The highest BCUT2D eigenvalue weighted by Crippen LogP contribution is 2.37. The summed E-state index contributed by atoms with van der Waals surface area (Å²) in [5, 5.41) is 4.25. The topological polar surface area (TPSA) is 64.4 Å². The molecule has 0 bridgehead atoms. The average Bonchev–Trinajstić information content (AvgIpc) is 3.07. The van der Waals surface area contributed by atoms with Gasteiger partial charge in [-0.05, 0) is 62.2 Å². The van der Waals surface area contributed by atoms with Crippen LogP contribution in [0.3, 0.4) is 0 Å². The summed E-state index contributed by atoms with van der Waals surface area (Å²) in [6, 6.07) is 12.9. The Kier molecular flexibility index (Phi) is 5.11. The lowest BCUT2D eigenvalue weighted by atomic mass is 10.1. The Bertz CT molecular complexity index is 1140. The normalized spacial score (nSPS) is 15.7. The number of amides is 1. The number of benzene rings is 2. The third kappa shape index (κ3) is 3.58. The molecule has 0 fully saturated rings. The maximum atomic E-state index is 13.7. The number of halogens is 1. The van der Waals surface area contributed by atoms with Crippen LogP contribution >= 0.6 is 0 Å². The van der Waals surface area contributed by atoms with Gasteiger partial charge in [-0.25, -0.2) is 9.07 Å². The van der Waals surface area contributed by atoms with Crippen molar-refractivity contribution in [3.05, 3.63) is 76.9 Å². The van der Waals surface area contributed by atoms with Crippen molar-refractivity contribution < 1.29 is 18.7 Å². The second-order valence-corrected chi connectivity index (χ2v) is 7.40. The van der Waals surface area contributed by atoms with Crippen LogP contribution in [0.5, 0.6) is 5.75 Å². The van der Waals surface area contributed by atoms with Crippen molar-refractivity contribution in [2.24, 2.45) is 0 Å². The SMILES string of the molecule is CC[C@H]1Oc2ccc(C(=O)n3nc(C)cc3C)cc2N(Cc2cccc(F)c2)C1=O. The van der Waals surface area contributed by atoms with Crippen molar-refractivity contribution in [2.75, 3.05) is 4.90 Å². The van der Waals surface area contributed by atoms with Crippen molar-refractivity contribution in [2.45, 2.75) is 39.8 Å². The van der Waals surface area contributed by atoms with Crippen LogP contribution in [0.1, 0.15) is 40.7 Å². The molecule has 0 saturated carbocycles. The van der Waals surface area contributed by atoms with Crippen LogP contribution in [0.25, 0.3) is 0 Å². The molecule has 1 atom stereocenters. The van der Waals surface area contributed by atoms with E-state index >= 15 is 0 Å². The molecule has 1 aliphatic rings. The Morgan fingerprint density at radius 2 is 1.97 bits per heavy atom. The monoisotopic (exact) mass is 407 g/mol. The molecule has 4 rings (SSSR count). The summed E-state index contributed by atoms with van der Waals surface area (Å²) in [6.07, 6.45) is -0.117. The highest BCUT2D eigenvalue weighted by Gasteiger charge is 2.34. The highest BCUT2D eigenvalue weighted by molar-refractivity contribution is 6.03. The summed E-state index contributed by atoms with van der Waals surface area (Å²) in [5.41, 5.74) is 3.00. The van der Waals surface area contributed by atoms with E-state index in [1.54, 1.807) is 35.2 Å². The third-order valence-corrected chi connectivity index (χ3v) is 5.11. The Labute approximate surface area is 173 Å². The molecule has 0 aliphatic carbocycles. The van der Waals surface area contributed by atoms with E-state index in [-0.39, 0.29) is 24.2 Å². The molecule has 0 spiro atoms. The summed E-state index contributed by atoms with van der Waals surface area (Å²) in [6.45, 7) is 5.68. The van der Waals surface area contributed by atoms with E-state index in [2.05, 4.69) is 5.10 Å². The number of nitrogens with zero attached hydrogens (tertiary/aromatic N) is 3. The van der Waals surface area contributed by atoms with Crippen LogP contribution in [-0.2, 0) is 11.3 Å². The van der Waals surface area contributed by atoms with Crippen molar-refractivity contribution in [3.63, 3.8) is 0 Å². The van der Waals surface area contributed by atoms with E-state index in [0.717, 1.165) is 11.4 Å². The molecular formula is C23H22FN3O3. The Morgan fingerprint density at radius 1 is 1.17 bits per heavy atom. The molecule has 2 aromatic carbocycles. The molecule has 7 heteroatoms. The zero-order valence-corrected chi connectivity index (χ0v) is 17.1. The molecule has 0 radical (unpaired) electrons. The molecule has 0 saturated heterocycles. The number of rotatable bonds is 4. The first-order chi connectivity index (χ1) is 14.4. The predicted molar refractivity (Wildman–Crippen MR) is 110 cm³/mol. The molecule has 154 valence electrons. The molecular weight excluding hydrogens is 385 g/mol. The fourth-order valence-corrected chi connectivity index (χ4v) is 3.65. The molecule has 0 N–H and O–H groups in total. The minimum absolute atomic E-state index is 0.182. The lowest BCUT2D eigenvalue weighted by molar-refractivity contribution is -0.126. The summed E-state index contributed by atoms with van der Waals surface area (Å²) >= 11 is 0. The number of fused-ring (bicyclic) bond motifs is 1. The number of aromatic nitrogens is 2. The fraction of sp³-hybridized carbons (Fsp3) is 0.261. The number of carbonyl (C=O) groups is 2. The number of anilines is 1. The second-order valence-electron chi connectivity index (χ2n) is 7.40. The standard InChI is InChI=1S/C23H22FN3O3/c1-4-20-23(29)26(13-16-6-5-7-18(24)11-16)19-12-17(8-9-21(19)30-20)22(28)27-15(3)10-14(2)25-27/h5-12,20H,4,13H2,1-3H3/t20-/m1/s1. The third-order valence-electron chi connectivity index (χ3n) is 5.11. The van der Waals surface area contributed by atoms with Crippen molar-refractivity contribution in [3.8, 4) is 5.75 Å². The van der Waals surface area contributed by atoms with Gasteiger partial charge in [0.2, 0.25) is 0 Å². The van der Waals surface area contributed by atoms with Crippen LogP contribution in [0, 0.1) is 19.7 Å². The number of aryl methyl sites for hydroxylation is 2. The van der Waals surface area contributed by atoms with E-state index in [4.69, 9.17) is 4.74 Å². The van der Waals surface area contributed by atoms with Gasteiger partial charge in [-0.3, -0.25) is 9.59 Å². The largest absolute Gasteiger partial charge is 0.478 e. The van der Waals surface area contributed by atoms with Crippen LogP contribution < -0.4 is 9.64 Å². The summed E-state index contributed by atoms with van der Waals surface area (Å²) in [5.74, 6) is -0.360. The van der Waals surface area contributed by atoms with Crippen LogP contribution in [0.15, 0.2) is 48.5 Å². The molecule has 0 unspecified atom stereocenters. The number of hydrogen-bond acceptors (Lipinski definition) is 4. The molecule has 1 aliphatic heterocycles. The van der Waals surface area contributed by atoms with Crippen molar-refractivity contribution in [1.82, 2.24) is 9.78 Å². The van der Waals surface area contributed by atoms with E-state index in [1.807, 2.05) is 26.8 Å². The summed E-state index contributed by atoms with van der Waals surface area (Å²) in [7, 11) is 0. The van der Waals surface area contributed by atoms with Gasteiger partial charge < -0.3 is 9.64 Å². The maximum Gasteiger partial charge on any atom is 0.278 e. The van der Waals surface area contributed by atoms with E-state index in [1.165, 1.54) is 16.8 Å². The van der Waals surface area contributed by atoms with Crippen LogP contribution in [0.2, 0.25) is 0 Å². The molecule has 1 aromatic heterocycles. The molecule has 30 heavy (non-hydrogen) atoms. The molecule has 6 nitrogen and oxygen atoms in total. The lowest BCUT2D eigenvalue weighted by Gasteiger charge is -2.34. The number of carbonyl (C=O) groups excluding carboxylic acids is 2. The highest BCUT2D eigenvalue weighted by atomic mass is 19.1. The van der Waals surface area contributed by atoms with Crippen molar-refractivity contribution >= 4 is 17.5 Å². The minimum Gasteiger partial charge on any atom is -0.478 e. The van der Waals surface area contributed by atoms with Gasteiger partial charge in [0.1, 0.15) is 11.6 Å². The fourth-order valence-electron chi connectivity index (χ4n) is 3.65. The van der Waals surface area contributed by atoms with Gasteiger partial charge in [0.05, 0.1) is 17.9 Å². The quantitative estimate of drug-likeness (QED) is 0.655. The Hall–Kier alpha value is -3.48. The molecule has 2 heterocycles. The maximum absolute atomic E-state index is 13.7. The van der Waals surface area contributed by atoms with Gasteiger partial charge in [-0.2, -0.15) is 5.10 Å². The van der Waals surface area contributed by atoms with Gasteiger partial charge in [0, 0.05) is 11.3 Å². The van der Waals surface area contributed by atoms with Crippen LogP contribution in [0.4, 0.5) is 10.1 Å². The van der Waals surface area contributed by atoms with Gasteiger partial charge in [-0.15, -0.1) is 0 Å². The van der Waals surface area contributed by atoms with E-state index in [0.29, 0.717) is 29.0 Å². The van der Waals surface area contributed by atoms with Gasteiger partial charge >= 0.3 is 0 Å². The predicted octanol–water partition coefficient (Wildman–Crippen LogP) is 4.03. The van der Waals surface area contributed by atoms with Gasteiger partial charge in [0.25, 0.3) is 11.8 Å². The average molecular weight is 407 g/mol. The van der Waals surface area contributed by atoms with Crippen LogP contribution in [-0.4, -0.2) is 27.7 Å². The second kappa shape index (κ2) is 7.74. The zero-order chi connectivity index (χ0) is 21.4. The Balaban J connectivity index is 1.75. The molecule has 3 aromatic rings. The van der Waals surface area contributed by atoms with E-state index < -0.39 is 6.10 Å². The smallest absolute Gasteiger partial charge is 0.278 e. The minimum atomic E-state index is -0.622.